The van der Waals surface area contributed by atoms with Gasteiger partial charge in [-0.25, -0.2) is 13.1 Å². The summed E-state index contributed by atoms with van der Waals surface area (Å²) in [5, 5.41) is 0. The smallest absolute Gasteiger partial charge is 0.264 e. The number of nitrogen functional groups attached to an aromatic ring is 1. The maximum Gasteiger partial charge on any atom is 0.264 e. The van der Waals surface area contributed by atoms with Crippen LogP contribution in [0.15, 0.2) is 71.6 Å². The van der Waals surface area contributed by atoms with Crippen molar-refractivity contribution < 1.29 is 13.2 Å². The number of anilines is 1. The van der Waals surface area contributed by atoms with Crippen LogP contribution in [0.2, 0.25) is 0 Å². The predicted molar refractivity (Wildman–Crippen MR) is 131 cm³/mol. The Morgan fingerprint density at radius 2 is 1.67 bits per heavy atom. The molecule has 1 aromatic heterocycles. The van der Waals surface area contributed by atoms with Gasteiger partial charge in [0.05, 0.1) is 22.5 Å². The summed E-state index contributed by atoms with van der Waals surface area (Å²) in [4.78, 5) is 13.4. The van der Waals surface area contributed by atoms with Gasteiger partial charge >= 0.3 is 0 Å². The average Bonchev–Trinajstić information content (AvgIpc) is 3.25. The maximum absolute atomic E-state index is 13.3. The lowest BCUT2D eigenvalue weighted by Gasteiger charge is -2.18. The van der Waals surface area contributed by atoms with Gasteiger partial charge in [0.2, 0.25) is 5.91 Å². The lowest BCUT2D eigenvalue weighted by molar-refractivity contribution is -0.120. The second-order valence-corrected chi connectivity index (χ2v) is 10.4. The number of amides is 1. The molecule has 1 amide bonds. The molecule has 0 spiro atoms. The Morgan fingerprint density at radius 1 is 0.970 bits per heavy atom. The molecule has 0 bridgehead atoms. The SMILES string of the molecule is CC(C)c1ccc(S(=O)(=O)NC(=O)C(Cc2cccc(N)c2)c2ccc3nsnc3c2)cc1. The summed E-state index contributed by atoms with van der Waals surface area (Å²) >= 11 is 1.08. The molecule has 33 heavy (non-hydrogen) atoms. The van der Waals surface area contributed by atoms with Crippen molar-refractivity contribution >= 4 is 44.4 Å². The van der Waals surface area contributed by atoms with Gasteiger partial charge in [-0.3, -0.25) is 4.79 Å². The molecule has 0 radical (unpaired) electrons. The van der Waals surface area contributed by atoms with Gasteiger partial charge in [0, 0.05) is 5.69 Å². The van der Waals surface area contributed by atoms with E-state index in [1.807, 2.05) is 19.9 Å². The molecule has 7 nitrogen and oxygen atoms in total. The predicted octanol–water partition coefficient (Wildman–Crippen LogP) is 4.23. The van der Waals surface area contributed by atoms with Crippen LogP contribution in [0, 0.1) is 0 Å². The van der Waals surface area contributed by atoms with Gasteiger partial charge in [-0.05, 0) is 65.4 Å². The number of aromatic nitrogens is 2. The third kappa shape index (κ3) is 5.20. The molecule has 0 saturated heterocycles. The zero-order chi connectivity index (χ0) is 23.6. The second-order valence-electron chi connectivity index (χ2n) is 8.21. The number of hydrogen-bond acceptors (Lipinski definition) is 7. The highest BCUT2D eigenvalue weighted by Gasteiger charge is 2.27. The monoisotopic (exact) mass is 480 g/mol. The first-order valence-corrected chi connectivity index (χ1v) is 12.7. The van der Waals surface area contributed by atoms with Gasteiger partial charge in [-0.1, -0.05) is 44.2 Å². The van der Waals surface area contributed by atoms with Crippen LogP contribution in [0.4, 0.5) is 5.69 Å². The van der Waals surface area contributed by atoms with Crippen LogP contribution < -0.4 is 10.5 Å². The van der Waals surface area contributed by atoms with Gasteiger partial charge in [0.1, 0.15) is 11.0 Å². The Hall–Kier alpha value is -3.30. The highest BCUT2D eigenvalue weighted by molar-refractivity contribution is 7.90. The summed E-state index contributed by atoms with van der Waals surface area (Å²) in [5.41, 5.74) is 10.4. The van der Waals surface area contributed by atoms with Crippen molar-refractivity contribution in [1.82, 2.24) is 13.5 Å². The highest BCUT2D eigenvalue weighted by Crippen LogP contribution is 2.26. The van der Waals surface area contributed by atoms with Crippen molar-refractivity contribution in [1.29, 1.82) is 0 Å². The lowest BCUT2D eigenvalue weighted by Crippen LogP contribution is -2.35. The minimum Gasteiger partial charge on any atom is -0.399 e. The van der Waals surface area contributed by atoms with Crippen molar-refractivity contribution in [3.05, 3.63) is 83.4 Å². The summed E-state index contributed by atoms with van der Waals surface area (Å²) < 4.78 is 36.6. The van der Waals surface area contributed by atoms with Crippen LogP contribution in [0.5, 0.6) is 0 Å². The fourth-order valence-corrected chi connectivity index (χ4v) is 5.16. The van der Waals surface area contributed by atoms with Gasteiger partial charge in [0.25, 0.3) is 10.0 Å². The molecule has 1 heterocycles. The van der Waals surface area contributed by atoms with E-state index in [0.717, 1.165) is 28.4 Å². The molecule has 4 aromatic rings. The average molecular weight is 481 g/mol. The van der Waals surface area contributed by atoms with E-state index in [2.05, 4.69) is 13.5 Å². The van der Waals surface area contributed by atoms with E-state index in [-0.39, 0.29) is 17.2 Å². The van der Waals surface area contributed by atoms with E-state index in [1.165, 1.54) is 12.1 Å². The third-order valence-electron chi connectivity index (χ3n) is 5.48. The van der Waals surface area contributed by atoms with Crippen molar-refractivity contribution in [3.63, 3.8) is 0 Å². The second kappa shape index (κ2) is 9.29. The fraction of sp³-hybridized carbons (Fsp3) is 0.208. The van der Waals surface area contributed by atoms with Gasteiger partial charge in [-0.15, -0.1) is 0 Å². The Bertz CT molecular complexity index is 1400. The number of benzene rings is 3. The molecule has 1 atom stereocenters. The van der Waals surface area contributed by atoms with Crippen molar-refractivity contribution in [2.24, 2.45) is 0 Å². The Kier molecular flexibility index (Phi) is 6.44. The maximum atomic E-state index is 13.3. The van der Waals surface area contributed by atoms with Crippen LogP contribution in [0.25, 0.3) is 11.0 Å². The minimum absolute atomic E-state index is 0.0436. The number of carbonyl (C=O) groups excluding carboxylic acids is 1. The third-order valence-corrected chi connectivity index (χ3v) is 7.40. The minimum atomic E-state index is -4.04. The summed E-state index contributed by atoms with van der Waals surface area (Å²) in [6, 6.07) is 19.1. The number of carbonyl (C=O) groups is 1. The fourth-order valence-electron chi connectivity index (χ4n) is 3.63. The quantitative estimate of drug-likeness (QED) is 0.383. The van der Waals surface area contributed by atoms with Crippen LogP contribution in [-0.2, 0) is 21.2 Å². The topological polar surface area (TPSA) is 115 Å². The highest BCUT2D eigenvalue weighted by atomic mass is 32.2. The number of nitrogens with zero attached hydrogens (tertiary/aromatic N) is 2. The summed E-state index contributed by atoms with van der Waals surface area (Å²) in [7, 11) is -4.04. The molecule has 1 unspecified atom stereocenters. The molecule has 0 aliphatic heterocycles. The first kappa shape index (κ1) is 22.9. The largest absolute Gasteiger partial charge is 0.399 e. The standard InChI is InChI=1S/C24H24N4O3S2/c1-15(2)17-6-9-20(10-7-17)33(30,31)28-24(29)21(13-16-4-3-5-19(25)12-16)18-8-11-22-23(14-18)27-32-26-22/h3-12,14-15,21H,13,25H2,1-2H3,(H,28,29). The Morgan fingerprint density at radius 3 is 2.36 bits per heavy atom. The van der Waals surface area contributed by atoms with Crippen molar-refractivity contribution in [3.8, 4) is 0 Å². The van der Waals surface area contributed by atoms with E-state index in [4.69, 9.17) is 5.73 Å². The zero-order valence-electron chi connectivity index (χ0n) is 18.2. The van der Waals surface area contributed by atoms with Gasteiger partial charge in [0.15, 0.2) is 0 Å². The number of rotatable bonds is 7. The van der Waals surface area contributed by atoms with E-state index < -0.39 is 21.8 Å². The van der Waals surface area contributed by atoms with Crippen LogP contribution >= 0.6 is 11.7 Å². The summed E-state index contributed by atoms with van der Waals surface area (Å²) in [6.07, 6.45) is 0.280. The number of nitrogens with two attached hydrogens (primary N) is 1. The molecule has 3 aromatic carbocycles. The summed E-state index contributed by atoms with van der Waals surface area (Å²) in [5.74, 6) is -1.11. The van der Waals surface area contributed by atoms with Crippen LogP contribution in [-0.4, -0.2) is 23.1 Å². The first-order chi connectivity index (χ1) is 15.7. The van der Waals surface area contributed by atoms with Gasteiger partial charge < -0.3 is 5.73 Å². The van der Waals surface area contributed by atoms with Crippen molar-refractivity contribution in [2.45, 2.75) is 37.0 Å². The Balaban J connectivity index is 1.65. The summed E-state index contributed by atoms with van der Waals surface area (Å²) in [6.45, 7) is 4.06. The normalized spacial score (nSPS) is 12.7. The first-order valence-electron chi connectivity index (χ1n) is 10.5. The lowest BCUT2D eigenvalue weighted by atomic mass is 9.91. The van der Waals surface area contributed by atoms with Gasteiger partial charge in [-0.2, -0.15) is 8.75 Å². The molecule has 4 rings (SSSR count). The number of nitrogens with one attached hydrogen (secondary N) is 1. The Labute approximate surface area is 197 Å². The van der Waals surface area contributed by atoms with E-state index in [9.17, 15) is 13.2 Å². The molecule has 0 fully saturated rings. The molecular formula is C24H24N4O3S2. The molecular weight excluding hydrogens is 456 g/mol. The molecule has 9 heteroatoms. The molecule has 0 aliphatic carbocycles. The van der Waals surface area contributed by atoms with Crippen molar-refractivity contribution in [2.75, 3.05) is 5.73 Å². The number of sulfonamides is 1. The zero-order valence-corrected chi connectivity index (χ0v) is 19.9. The van der Waals surface area contributed by atoms with E-state index in [1.54, 1.807) is 48.5 Å². The van der Waals surface area contributed by atoms with Crippen LogP contribution in [0.3, 0.4) is 0 Å². The number of hydrogen-bond donors (Lipinski definition) is 2. The van der Waals surface area contributed by atoms with E-state index >= 15 is 0 Å². The molecule has 170 valence electrons. The molecule has 0 aliphatic rings. The van der Waals surface area contributed by atoms with Crippen LogP contribution in [0.1, 0.15) is 42.4 Å². The van der Waals surface area contributed by atoms with E-state index in [0.29, 0.717) is 16.8 Å². The molecule has 3 N–H and O–H groups in total. The molecule has 0 saturated carbocycles. The number of fused-ring (bicyclic) bond motifs is 1.